The molecule has 0 saturated carbocycles. The highest BCUT2D eigenvalue weighted by Crippen LogP contribution is 2.48. The number of ether oxygens (including phenoxy) is 4. The quantitative estimate of drug-likeness (QED) is 0.767. The fourth-order valence-electron chi connectivity index (χ4n) is 3.54. The minimum absolute atomic E-state index is 0.228. The van der Waals surface area contributed by atoms with Gasteiger partial charge in [0.1, 0.15) is 12.2 Å². The van der Waals surface area contributed by atoms with Gasteiger partial charge in [0.15, 0.2) is 0 Å². The number of fused-ring (bicyclic) bond motifs is 1. The molecule has 6 nitrogen and oxygen atoms in total. The summed E-state index contributed by atoms with van der Waals surface area (Å²) < 4.78 is 24.7. The van der Waals surface area contributed by atoms with E-state index >= 15 is 0 Å². The normalized spacial score (nSPS) is 45.9. The molecule has 2 spiro atoms. The van der Waals surface area contributed by atoms with Gasteiger partial charge in [-0.1, -0.05) is 0 Å². The highest BCUT2D eigenvalue weighted by atomic mass is 16.8. The zero-order valence-corrected chi connectivity index (χ0v) is 12.0. The fourth-order valence-corrected chi connectivity index (χ4v) is 3.54. The van der Waals surface area contributed by atoms with Gasteiger partial charge in [-0.05, 0) is 25.7 Å². The van der Waals surface area contributed by atoms with E-state index in [2.05, 4.69) is 0 Å². The Balaban J connectivity index is 1.90. The molecule has 20 heavy (non-hydrogen) atoms. The molecule has 3 rings (SSSR count). The van der Waals surface area contributed by atoms with Crippen LogP contribution in [-0.4, -0.2) is 50.1 Å². The molecular weight excluding hydrogens is 260 g/mol. The Morgan fingerprint density at radius 1 is 0.750 bits per heavy atom. The number of hydrogen-bond acceptors (Lipinski definition) is 6. The first-order valence-corrected chi connectivity index (χ1v) is 7.79. The lowest BCUT2D eigenvalue weighted by molar-refractivity contribution is -0.478. The first-order valence-electron chi connectivity index (χ1n) is 7.79. The summed E-state index contributed by atoms with van der Waals surface area (Å²) in [6.07, 6.45) is 5.34. The topological polar surface area (TPSA) is 89.0 Å². The summed E-state index contributed by atoms with van der Waals surface area (Å²) in [6, 6.07) is 0. The van der Waals surface area contributed by atoms with Crippen LogP contribution in [0.5, 0.6) is 0 Å². The first-order chi connectivity index (χ1) is 9.75. The second kappa shape index (κ2) is 5.87. The van der Waals surface area contributed by atoms with Crippen LogP contribution in [0.3, 0.4) is 0 Å². The molecule has 0 aromatic carbocycles. The van der Waals surface area contributed by atoms with Gasteiger partial charge < -0.3 is 30.4 Å². The summed E-state index contributed by atoms with van der Waals surface area (Å²) in [5.74, 6) is -1.61. The Kier molecular flexibility index (Phi) is 4.31. The second-order valence-corrected chi connectivity index (χ2v) is 5.90. The van der Waals surface area contributed by atoms with E-state index in [9.17, 15) is 0 Å². The fraction of sp³-hybridized carbons (Fsp3) is 1.00. The van der Waals surface area contributed by atoms with Crippen molar-refractivity contribution >= 4 is 0 Å². The molecule has 3 fully saturated rings. The van der Waals surface area contributed by atoms with Gasteiger partial charge in [0.25, 0.3) is 0 Å². The smallest absolute Gasteiger partial charge is 0.224 e. The van der Waals surface area contributed by atoms with E-state index < -0.39 is 11.6 Å². The van der Waals surface area contributed by atoms with Crippen LogP contribution in [0.2, 0.25) is 0 Å². The second-order valence-electron chi connectivity index (χ2n) is 5.90. The van der Waals surface area contributed by atoms with E-state index in [1.165, 1.54) is 0 Å². The number of rotatable bonds is 2. The molecule has 0 bridgehead atoms. The lowest BCUT2D eigenvalue weighted by atomic mass is 9.88. The minimum Gasteiger partial charge on any atom is -0.345 e. The van der Waals surface area contributed by atoms with E-state index in [0.29, 0.717) is 26.3 Å². The maximum atomic E-state index is 6.28. The van der Waals surface area contributed by atoms with Crippen molar-refractivity contribution in [3.63, 3.8) is 0 Å². The van der Waals surface area contributed by atoms with E-state index in [4.69, 9.17) is 30.4 Å². The third-order valence-corrected chi connectivity index (χ3v) is 4.61. The van der Waals surface area contributed by atoms with E-state index in [-0.39, 0.29) is 12.2 Å². The van der Waals surface area contributed by atoms with Gasteiger partial charge in [0, 0.05) is 25.9 Å². The predicted molar refractivity (Wildman–Crippen MR) is 72.9 cm³/mol. The molecule has 3 saturated heterocycles. The molecule has 0 radical (unpaired) electrons. The molecule has 4 N–H and O–H groups in total. The summed E-state index contributed by atoms with van der Waals surface area (Å²) in [7, 11) is 0. The predicted octanol–water partition coefficient (Wildman–Crippen LogP) is 0.481. The molecular formula is C14H26N2O4. The van der Waals surface area contributed by atoms with Crippen LogP contribution in [-0.2, 0) is 18.9 Å². The summed E-state index contributed by atoms with van der Waals surface area (Å²) in [4.78, 5) is 0. The molecule has 0 aliphatic carbocycles. The lowest BCUT2D eigenvalue weighted by Crippen LogP contribution is -2.71. The minimum atomic E-state index is -0.804. The van der Waals surface area contributed by atoms with E-state index in [1.54, 1.807) is 0 Å². The van der Waals surface area contributed by atoms with Crippen LogP contribution in [0, 0.1) is 0 Å². The van der Waals surface area contributed by atoms with E-state index in [0.717, 1.165) is 38.5 Å². The van der Waals surface area contributed by atoms with Crippen molar-refractivity contribution in [1.29, 1.82) is 0 Å². The monoisotopic (exact) mass is 286 g/mol. The summed E-state index contributed by atoms with van der Waals surface area (Å²) in [5, 5.41) is 0. The number of hydrogen-bond donors (Lipinski definition) is 2. The maximum absolute atomic E-state index is 6.28. The standard InChI is InChI=1S/C14H26N2O4/c15-9-11-12(10-16)20-14(6-2-4-8-18-14)13(19-11)5-1-3-7-17-13/h11-12H,1-10,15-16H2/t11-,12-,13+,14?/m0/s1. The van der Waals surface area contributed by atoms with Crippen LogP contribution < -0.4 is 11.5 Å². The first kappa shape index (κ1) is 14.7. The summed E-state index contributed by atoms with van der Waals surface area (Å²) >= 11 is 0. The van der Waals surface area contributed by atoms with Crippen molar-refractivity contribution in [2.45, 2.75) is 62.3 Å². The van der Waals surface area contributed by atoms with Crippen LogP contribution in [0.25, 0.3) is 0 Å². The van der Waals surface area contributed by atoms with Crippen molar-refractivity contribution in [3.05, 3.63) is 0 Å². The largest absolute Gasteiger partial charge is 0.345 e. The highest BCUT2D eigenvalue weighted by Gasteiger charge is 2.63. The van der Waals surface area contributed by atoms with Gasteiger partial charge in [-0.2, -0.15) is 0 Å². The van der Waals surface area contributed by atoms with Gasteiger partial charge >= 0.3 is 0 Å². The third-order valence-electron chi connectivity index (χ3n) is 4.61. The maximum Gasteiger partial charge on any atom is 0.224 e. The van der Waals surface area contributed by atoms with E-state index in [1.807, 2.05) is 0 Å². The summed E-state index contributed by atoms with van der Waals surface area (Å²) in [5.41, 5.74) is 11.6. The molecule has 1 unspecified atom stereocenters. The van der Waals surface area contributed by atoms with Gasteiger partial charge in [0.2, 0.25) is 11.6 Å². The van der Waals surface area contributed by atoms with Crippen LogP contribution in [0.4, 0.5) is 0 Å². The van der Waals surface area contributed by atoms with Crippen molar-refractivity contribution < 1.29 is 18.9 Å². The summed E-state index contributed by atoms with van der Waals surface area (Å²) in [6.45, 7) is 2.12. The van der Waals surface area contributed by atoms with Crippen molar-refractivity contribution in [2.75, 3.05) is 26.3 Å². The van der Waals surface area contributed by atoms with Crippen LogP contribution >= 0.6 is 0 Å². The van der Waals surface area contributed by atoms with Crippen LogP contribution in [0.1, 0.15) is 38.5 Å². The Labute approximate surface area is 120 Å². The number of nitrogens with two attached hydrogens (primary N) is 2. The average Bonchev–Trinajstić information content (AvgIpc) is 2.52. The Hall–Kier alpha value is -0.240. The van der Waals surface area contributed by atoms with Gasteiger partial charge in [0.05, 0.1) is 13.2 Å². The molecule has 6 heteroatoms. The zero-order valence-electron chi connectivity index (χ0n) is 12.0. The van der Waals surface area contributed by atoms with Gasteiger partial charge in [-0.25, -0.2) is 0 Å². The lowest BCUT2D eigenvalue weighted by Gasteiger charge is -2.57. The molecule has 3 aliphatic heterocycles. The Bertz CT molecular complexity index is 295. The molecule has 3 heterocycles. The molecule has 4 atom stereocenters. The van der Waals surface area contributed by atoms with Crippen molar-refractivity contribution in [2.24, 2.45) is 11.5 Å². The SMILES string of the molecule is NC[C@@H]1OC2(CCCCO2)[C@@]2(CCCCO2)O[C@H]1CN. The molecule has 0 aromatic heterocycles. The van der Waals surface area contributed by atoms with Crippen molar-refractivity contribution in [1.82, 2.24) is 0 Å². The zero-order chi connectivity index (χ0) is 14.1. The molecule has 3 aliphatic rings. The Morgan fingerprint density at radius 3 is 1.50 bits per heavy atom. The molecule has 116 valence electrons. The average molecular weight is 286 g/mol. The highest BCUT2D eigenvalue weighted by molar-refractivity contribution is 4.99. The molecule has 0 amide bonds. The van der Waals surface area contributed by atoms with Gasteiger partial charge in [-0.15, -0.1) is 0 Å². The Morgan fingerprint density at radius 2 is 1.20 bits per heavy atom. The van der Waals surface area contributed by atoms with Gasteiger partial charge in [-0.3, -0.25) is 0 Å². The third kappa shape index (κ3) is 2.28. The molecule has 0 aromatic rings. The van der Waals surface area contributed by atoms with Crippen molar-refractivity contribution in [3.8, 4) is 0 Å². The van der Waals surface area contributed by atoms with Crippen LogP contribution in [0.15, 0.2) is 0 Å².